The van der Waals surface area contributed by atoms with E-state index in [0.29, 0.717) is 17.3 Å². The number of rotatable bonds is 9. The molecule has 39 heavy (non-hydrogen) atoms. The van der Waals surface area contributed by atoms with Crippen molar-refractivity contribution < 1.29 is 37.4 Å². The maximum absolute atomic E-state index is 13.8. The van der Waals surface area contributed by atoms with E-state index in [0.717, 1.165) is 12.1 Å². The summed E-state index contributed by atoms with van der Waals surface area (Å²) < 4.78 is 46.4. The number of carboxylic acids is 1. The molecule has 0 bridgehead atoms. The first-order chi connectivity index (χ1) is 17.9. The number of halogens is 4. The topological polar surface area (TPSA) is 157 Å². The van der Waals surface area contributed by atoms with Crippen LogP contribution in [0.4, 0.5) is 18.9 Å². The molecule has 13 heteroatoms. The van der Waals surface area contributed by atoms with Gasteiger partial charge in [-0.1, -0.05) is 36.4 Å². The van der Waals surface area contributed by atoms with E-state index >= 15 is 0 Å². The number of alkyl halides is 3. The van der Waals surface area contributed by atoms with Crippen molar-refractivity contribution in [1.29, 1.82) is 0 Å². The minimum atomic E-state index is -4.88. The SMILES string of the molecule is Cl.NC(N)=Nc1ccc(C(=O)Oc2ccc(CC(=O)N[C@@H](Cc3ccccc3)C(=O)O)c(C(F)(F)F)c2)cc1. The van der Waals surface area contributed by atoms with Gasteiger partial charge in [0.2, 0.25) is 5.91 Å². The number of guanidine groups is 1. The molecule has 3 aromatic rings. The molecule has 0 fully saturated rings. The molecular formula is C26H24ClF3N4O5. The highest BCUT2D eigenvalue weighted by Crippen LogP contribution is 2.35. The maximum Gasteiger partial charge on any atom is 0.416 e. The summed E-state index contributed by atoms with van der Waals surface area (Å²) in [6.45, 7) is 0. The van der Waals surface area contributed by atoms with Crippen LogP contribution in [0.25, 0.3) is 0 Å². The highest BCUT2D eigenvalue weighted by Gasteiger charge is 2.35. The Morgan fingerprint density at radius 1 is 0.974 bits per heavy atom. The third-order valence-corrected chi connectivity index (χ3v) is 5.23. The second kappa shape index (κ2) is 13.3. The minimum absolute atomic E-state index is 0. The third kappa shape index (κ3) is 9.04. The maximum atomic E-state index is 13.8. The zero-order chi connectivity index (χ0) is 27.9. The molecule has 0 aromatic heterocycles. The van der Waals surface area contributed by atoms with Gasteiger partial charge in [-0.05, 0) is 47.5 Å². The van der Waals surface area contributed by atoms with Crippen molar-refractivity contribution in [2.45, 2.75) is 25.1 Å². The molecule has 6 N–H and O–H groups in total. The number of nitrogens with one attached hydrogen (secondary N) is 1. The number of carboxylic acid groups (broad SMARTS) is 1. The molecule has 0 radical (unpaired) electrons. The molecule has 0 saturated carbocycles. The Morgan fingerprint density at radius 3 is 2.18 bits per heavy atom. The van der Waals surface area contributed by atoms with Crippen LogP contribution in [0.1, 0.15) is 27.0 Å². The summed E-state index contributed by atoms with van der Waals surface area (Å²) in [6, 6.07) is 15.4. The predicted molar refractivity (Wildman–Crippen MR) is 139 cm³/mol. The Labute approximate surface area is 227 Å². The zero-order valence-corrected chi connectivity index (χ0v) is 21.0. The van der Waals surface area contributed by atoms with Crippen LogP contribution >= 0.6 is 12.4 Å². The van der Waals surface area contributed by atoms with Gasteiger partial charge >= 0.3 is 18.1 Å². The summed E-state index contributed by atoms with van der Waals surface area (Å²) in [5, 5.41) is 11.7. The van der Waals surface area contributed by atoms with Gasteiger partial charge in [0.05, 0.1) is 23.2 Å². The highest BCUT2D eigenvalue weighted by molar-refractivity contribution is 5.91. The highest BCUT2D eigenvalue weighted by atomic mass is 35.5. The third-order valence-electron chi connectivity index (χ3n) is 5.23. The standard InChI is InChI=1S/C26H23F3N4O5.ClH/c27-26(28,29)20-14-19(38-24(37)16-6-9-18(10-7-16)32-25(30)31)11-8-17(20)13-22(34)33-21(23(35)36)12-15-4-2-1-3-5-15;/h1-11,14,21H,12-13H2,(H,33,34)(H,35,36)(H4,30,31,32);1H/t21-;/m0./s1. The molecule has 0 unspecified atom stereocenters. The first-order valence-corrected chi connectivity index (χ1v) is 11.1. The van der Waals surface area contributed by atoms with E-state index in [4.69, 9.17) is 16.2 Å². The van der Waals surface area contributed by atoms with Gasteiger partial charge in [0.1, 0.15) is 11.8 Å². The number of esters is 1. The van der Waals surface area contributed by atoms with E-state index < -0.39 is 53.4 Å². The number of benzene rings is 3. The number of nitrogens with zero attached hydrogens (tertiary/aromatic N) is 1. The van der Waals surface area contributed by atoms with Crippen LogP contribution in [0.2, 0.25) is 0 Å². The number of carbonyl (C=O) groups excluding carboxylic acids is 2. The largest absolute Gasteiger partial charge is 0.480 e. The summed E-state index contributed by atoms with van der Waals surface area (Å²) in [4.78, 5) is 40.3. The smallest absolute Gasteiger partial charge is 0.416 e. The molecule has 9 nitrogen and oxygen atoms in total. The van der Waals surface area contributed by atoms with Gasteiger partial charge < -0.3 is 26.6 Å². The fourth-order valence-electron chi connectivity index (χ4n) is 3.49. The summed E-state index contributed by atoms with van der Waals surface area (Å²) in [7, 11) is 0. The first-order valence-electron chi connectivity index (χ1n) is 11.1. The lowest BCUT2D eigenvalue weighted by Crippen LogP contribution is -2.43. The van der Waals surface area contributed by atoms with Gasteiger partial charge in [0.25, 0.3) is 0 Å². The lowest BCUT2D eigenvalue weighted by molar-refractivity contribution is -0.142. The molecule has 0 saturated heterocycles. The molecule has 206 valence electrons. The Kier molecular flexibility index (Phi) is 10.4. The summed E-state index contributed by atoms with van der Waals surface area (Å²) in [5.41, 5.74) is 9.97. The van der Waals surface area contributed by atoms with E-state index in [9.17, 15) is 32.7 Å². The minimum Gasteiger partial charge on any atom is -0.480 e. The molecule has 0 aliphatic heterocycles. The Balaban J connectivity index is 0.00000533. The number of hydrogen-bond acceptors (Lipinski definition) is 5. The Hall–Kier alpha value is -4.58. The van der Waals surface area contributed by atoms with E-state index in [-0.39, 0.29) is 30.4 Å². The van der Waals surface area contributed by atoms with Crippen molar-refractivity contribution in [3.63, 3.8) is 0 Å². The average molecular weight is 565 g/mol. The number of aliphatic carboxylic acids is 1. The number of ether oxygens (including phenoxy) is 1. The van der Waals surface area contributed by atoms with Crippen LogP contribution in [0, 0.1) is 0 Å². The molecule has 3 aromatic carbocycles. The molecule has 1 atom stereocenters. The lowest BCUT2D eigenvalue weighted by Gasteiger charge is -2.17. The number of amides is 1. The normalized spacial score (nSPS) is 11.5. The molecule has 0 heterocycles. The molecule has 0 aliphatic carbocycles. The number of hydrogen-bond donors (Lipinski definition) is 4. The monoisotopic (exact) mass is 564 g/mol. The fraction of sp³-hybridized carbons (Fsp3) is 0.154. The lowest BCUT2D eigenvalue weighted by atomic mass is 10.0. The number of nitrogens with two attached hydrogens (primary N) is 2. The molecule has 1 amide bonds. The van der Waals surface area contributed by atoms with Crippen LogP contribution in [0.3, 0.4) is 0 Å². The summed E-state index contributed by atoms with van der Waals surface area (Å²) >= 11 is 0. The molecule has 3 rings (SSSR count). The molecule has 0 aliphatic rings. The van der Waals surface area contributed by atoms with Crippen LogP contribution < -0.4 is 21.5 Å². The van der Waals surface area contributed by atoms with E-state index in [1.807, 2.05) is 0 Å². The van der Waals surface area contributed by atoms with Crippen molar-refractivity contribution in [2.75, 3.05) is 0 Å². The van der Waals surface area contributed by atoms with Gasteiger partial charge in [0.15, 0.2) is 5.96 Å². The van der Waals surface area contributed by atoms with Crippen molar-refractivity contribution >= 4 is 41.9 Å². The molecule has 0 spiro atoms. The van der Waals surface area contributed by atoms with Crippen LogP contribution in [-0.2, 0) is 28.6 Å². The Bertz CT molecular complexity index is 1350. The van der Waals surface area contributed by atoms with Gasteiger partial charge in [-0.2, -0.15) is 13.2 Å². The second-order valence-corrected chi connectivity index (χ2v) is 8.11. The first kappa shape index (κ1) is 30.6. The van der Waals surface area contributed by atoms with Crippen LogP contribution in [0.5, 0.6) is 5.75 Å². The van der Waals surface area contributed by atoms with Gasteiger partial charge in [-0.15, -0.1) is 12.4 Å². The van der Waals surface area contributed by atoms with Crippen molar-refractivity contribution in [3.8, 4) is 5.75 Å². The summed E-state index contributed by atoms with van der Waals surface area (Å²) in [6.07, 6.45) is -5.67. The average Bonchev–Trinajstić information content (AvgIpc) is 2.84. The van der Waals surface area contributed by atoms with E-state index in [2.05, 4.69) is 10.3 Å². The Morgan fingerprint density at radius 2 is 1.62 bits per heavy atom. The van der Waals surface area contributed by atoms with Crippen molar-refractivity contribution in [2.24, 2.45) is 16.5 Å². The predicted octanol–water partition coefficient (Wildman–Crippen LogP) is 3.61. The molecular weight excluding hydrogens is 541 g/mol. The number of aliphatic imine (C=N–C) groups is 1. The van der Waals surface area contributed by atoms with Crippen molar-refractivity contribution in [1.82, 2.24) is 5.32 Å². The number of carbonyl (C=O) groups is 3. The van der Waals surface area contributed by atoms with Gasteiger partial charge in [-0.25, -0.2) is 14.6 Å². The van der Waals surface area contributed by atoms with Crippen LogP contribution in [-0.4, -0.2) is 35.0 Å². The summed E-state index contributed by atoms with van der Waals surface area (Å²) in [5.74, 6) is -3.75. The van der Waals surface area contributed by atoms with E-state index in [1.54, 1.807) is 30.3 Å². The van der Waals surface area contributed by atoms with Gasteiger partial charge in [-0.3, -0.25) is 4.79 Å². The van der Waals surface area contributed by atoms with Crippen LogP contribution in [0.15, 0.2) is 77.8 Å². The quantitative estimate of drug-likeness (QED) is 0.134. The van der Waals surface area contributed by atoms with Gasteiger partial charge in [0, 0.05) is 6.42 Å². The van der Waals surface area contributed by atoms with Crippen molar-refractivity contribution in [3.05, 3.63) is 95.1 Å². The zero-order valence-electron chi connectivity index (χ0n) is 20.1. The van der Waals surface area contributed by atoms with E-state index in [1.165, 1.54) is 24.3 Å². The second-order valence-electron chi connectivity index (χ2n) is 8.11. The fourth-order valence-corrected chi connectivity index (χ4v) is 3.49.